The first-order valence-electron chi connectivity index (χ1n) is 6.98. The molecule has 0 amide bonds. The fourth-order valence-corrected chi connectivity index (χ4v) is 3.17. The summed E-state index contributed by atoms with van der Waals surface area (Å²) in [4.78, 5) is 12.8. The molecule has 1 aromatic carbocycles. The molecular weight excluding hydrogens is 334 g/mol. The molecule has 1 aliphatic heterocycles. The van der Waals surface area contributed by atoms with Gasteiger partial charge >= 0.3 is 5.97 Å². The van der Waals surface area contributed by atoms with Crippen LogP contribution < -0.4 is 10.2 Å². The summed E-state index contributed by atoms with van der Waals surface area (Å²) in [6.45, 7) is 2.47. The van der Waals surface area contributed by atoms with Crippen molar-refractivity contribution in [1.29, 1.82) is 5.26 Å². The number of piperidine rings is 1. The standard InChI is InChI=1S/C15H18BrN3O2/c16-13-4-1-5-14(12(13)7-17)19-6-2-3-11(10-19)8-18-9-15(20)21/h1,4-5,11,18H,2-3,6,8-10H2,(H,20,21). The quantitative estimate of drug-likeness (QED) is 0.850. The first-order valence-corrected chi connectivity index (χ1v) is 7.77. The Hall–Kier alpha value is -1.58. The van der Waals surface area contributed by atoms with Crippen LogP contribution in [0.3, 0.4) is 0 Å². The van der Waals surface area contributed by atoms with Crippen LogP contribution in [0.15, 0.2) is 22.7 Å². The molecule has 1 heterocycles. The van der Waals surface area contributed by atoms with Crippen LogP contribution in [0.25, 0.3) is 0 Å². The topological polar surface area (TPSA) is 76.4 Å². The van der Waals surface area contributed by atoms with E-state index in [0.717, 1.165) is 36.1 Å². The summed E-state index contributed by atoms with van der Waals surface area (Å²) >= 11 is 3.42. The van der Waals surface area contributed by atoms with Gasteiger partial charge in [0.1, 0.15) is 6.07 Å². The third kappa shape index (κ3) is 4.19. The second-order valence-corrected chi connectivity index (χ2v) is 6.08. The highest BCUT2D eigenvalue weighted by molar-refractivity contribution is 9.10. The molecule has 1 atom stereocenters. The van der Waals surface area contributed by atoms with E-state index in [-0.39, 0.29) is 6.54 Å². The van der Waals surface area contributed by atoms with Crippen molar-refractivity contribution < 1.29 is 9.90 Å². The molecular formula is C15H18BrN3O2. The Morgan fingerprint density at radius 1 is 1.57 bits per heavy atom. The molecule has 0 spiro atoms. The molecule has 6 heteroatoms. The number of nitriles is 1. The van der Waals surface area contributed by atoms with E-state index < -0.39 is 5.97 Å². The largest absolute Gasteiger partial charge is 0.480 e. The van der Waals surface area contributed by atoms with Crippen LogP contribution in [0.5, 0.6) is 0 Å². The minimum absolute atomic E-state index is 0.00314. The summed E-state index contributed by atoms with van der Waals surface area (Å²) in [7, 11) is 0. The molecule has 1 aromatic rings. The molecule has 5 nitrogen and oxygen atoms in total. The number of aliphatic carboxylic acids is 1. The Bertz CT molecular complexity index is 556. The van der Waals surface area contributed by atoms with Crippen molar-refractivity contribution in [2.75, 3.05) is 31.1 Å². The Balaban J connectivity index is 2.03. The van der Waals surface area contributed by atoms with Gasteiger partial charge in [0.25, 0.3) is 0 Å². The minimum atomic E-state index is -0.832. The van der Waals surface area contributed by atoms with Gasteiger partial charge in [0.2, 0.25) is 0 Å². The number of halogens is 1. The van der Waals surface area contributed by atoms with Crippen molar-refractivity contribution in [2.24, 2.45) is 5.92 Å². The van der Waals surface area contributed by atoms with Crippen molar-refractivity contribution in [3.8, 4) is 6.07 Å². The number of hydrogen-bond acceptors (Lipinski definition) is 4. The summed E-state index contributed by atoms with van der Waals surface area (Å²) < 4.78 is 0.814. The van der Waals surface area contributed by atoms with Gasteiger partial charge in [0.05, 0.1) is 17.8 Å². The fraction of sp³-hybridized carbons (Fsp3) is 0.467. The number of rotatable bonds is 5. The number of carboxylic acid groups (broad SMARTS) is 1. The fourth-order valence-electron chi connectivity index (χ4n) is 2.72. The maximum Gasteiger partial charge on any atom is 0.317 e. The van der Waals surface area contributed by atoms with Gasteiger partial charge in [0.15, 0.2) is 0 Å². The van der Waals surface area contributed by atoms with Crippen LogP contribution >= 0.6 is 15.9 Å². The molecule has 1 fully saturated rings. The number of carboxylic acids is 1. The number of benzene rings is 1. The molecule has 1 aliphatic rings. The van der Waals surface area contributed by atoms with Crippen molar-refractivity contribution >= 4 is 27.6 Å². The molecule has 1 unspecified atom stereocenters. The number of nitrogens with one attached hydrogen (secondary N) is 1. The highest BCUT2D eigenvalue weighted by Gasteiger charge is 2.22. The molecule has 0 saturated carbocycles. The minimum Gasteiger partial charge on any atom is -0.480 e. The lowest BCUT2D eigenvalue weighted by molar-refractivity contribution is -0.136. The summed E-state index contributed by atoms with van der Waals surface area (Å²) in [6.07, 6.45) is 2.13. The van der Waals surface area contributed by atoms with Crippen molar-refractivity contribution in [3.05, 3.63) is 28.2 Å². The van der Waals surface area contributed by atoms with Crippen molar-refractivity contribution in [2.45, 2.75) is 12.8 Å². The third-order valence-electron chi connectivity index (χ3n) is 3.67. The number of nitrogens with zero attached hydrogens (tertiary/aromatic N) is 2. The van der Waals surface area contributed by atoms with E-state index in [2.05, 4.69) is 32.2 Å². The van der Waals surface area contributed by atoms with E-state index in [1.54, 1.807) is 0 Å². The molecule has 1 saturated heterocycles. The number of hydrogen-bond donors (Lipinski definition) is 2. The second-order valence-electron chi connectivity index (χ2n) is 5.22. The van der Waals surface area contributed by atoms with E-state index in [9.17, 15) is 10.1 Å². The molecule has 2 N–H and O–H groups in total. The van der Waals surface area contributed by atoms with Crippen LogP contribution in [-0.2, 0) is 4.79 Å². The van der Waals surface area contributed by atoms with E-state index in [0.29, 0.717) is 18.0 Å². The molecule has 0 aliphatic carbocycles. The van der Waals surface area contributed by atoms with Crippen LogP contribution in [0.2, 0.25) is 0 Å². The smallest absolute Gasteiger partial charge is 0.317 e. The van der Waals surface area contributed by atoms with Crippen LogP contribution in [0.1, 0.15) is 18.4 Å². The second kappa shape index (κ2) is 7.43. The van der Waals surface area contributed by atoms with Crippen molar-refractivity contribution in [1.82, 2.24) is 5.32 Å². The zero-order chi connectivity index (χ0) is 15.2. The molecule has 2 rings (SSSR count). The van der Waals surface area contributed by atoms with Gasteiger partial charge in [-0.2, -0.15) is 5.26 Å². The van der Waals surface area contributed by atoms with Crippen molar-refractivity contribution in [3.63, 3.8) is 0 Å². The molecule has 0 bridgehead atoms. The van der Waals surface area contributed by atoms with Crippen LogP contribution in [-0.4, -0.2) is 37.3 Å². The predicted molar refractivity (Wildman–Crippen MR) is 84.3 cm³/mol. The summed E-state index contributed by atoms with van der Waals surface area (Å²) in [5, 5.41) is 20.9. The number of carbonyl (C=O) groups is 1. The average molecular weight is 352 g/mol. The normalized spacial score (nSPS) is 18.3. The lowest BCUT2D eigenvalue weighted by Gasteiger charge is -2.35. The Morgan fingerprint density at radius 3 is 3.10 bits per heavy atom. The summed E-state index contributed by atoms with van der Waals surface area (Å²) in [6, 6.07) is 8.03. The lowest BCUT2D eigenvalue weighted by atomic mass is 9.97. The highest BCUT2D eigenvalue weighted by Crippen LogP contribution is 2.30. The summed E-state index contributed by atoms with van der Waals surface area (Å²) in [5.74, 6) is -0.426. The van der Waals surface area contributed by atoms with Gasteiger partial charge in [-0.3, -0.25) is 4.79 Å². The molecule has 21 heavy (non-hydrogen) atoms. The first kappa shape index (κ1) is 15.8. The van der Waals surface area contributed by atoms with E-state index in [1.807, 2.05) is 18.2 Å². The van der Waals surface area contributed by atoms with Crippen LogP contribution in [0, 0.1) is 17.2 Å². The molecule has 0 aromatic heterocycles. The highest BCUT2D eigenvalue weighted by atomic mass is 79.9. The van der Waals surface area contributed by atoms with Gasteiger partial charge in [-0.1, -0.05) is 6.07 Å². The van der Waals surface area contributed by atoms with Gasteiger partial charge in [-0.15, -0.1) is 0 Å². The molecule has 0 radical (unpaired) electrons. The average Bonchev–Trinajstić information content (AvgIpc) is 2.47. The maximum absolute atomic E-state index is 10.5. The van der Waals surface area contributed by atoms with E-state index >= 15 is 0 Å². The van der Waals surface area contributed by atoms with Crippen LogP contribution in [0.4, 0.5) is 5.69 Å². The lowest BCUT2D eigenvalue weighted by Crippen LogP contribution is -2.40. The SMILES string of the molecule is N#Cc1c(Br)cccc1N1CCCC(CNCC(=O)O)C1. The van der Waals surface area contributed by atoms with Gasteiger partial charge in [-0.25, -0.2) is 0 Å². The monoisotopic (exact) mass is 351 g/mol. The van der Waals surface area contributed by atoms with Gasteiger partial charge in [0, 0.05) is 24.1 Å². The van der Waals surface area contributed by atoms with Gasteiger partial charge < -0.3 is 15.3 Å². The van der Waals surface area contributed by atoms with E-state index in [1.165, 1.54) is 0 Å². The zero-order valence-corrected chi connectivity index (χ0v) is 13.3. The molecule has 112 valence electrons. The third-order valence-corrected chi connectivity index (χ3v) is 4.33. The van der Waals surface area contributed by atoms with E-state index in [4.69, 9.17) is 5.11 Å². The first-order chi connectivity index (χ1) is 10.1. The maximum atomic E-state index is 10.5. The number of anilines is 1. The Morgan fingerprint density at radius 2 is 2.38 bits per heavy atom. The Labute approximate surface area is 132 Å². The van der Waals surface area contributed by atoms with Gasteiger partial charge in [-0.05, 0) is 46.8 Å². The Kier molecular flexibility index (Phi) is 5.59. The zero-order valence-electron chi connectivity index (χ0n) is 11.7. The summed E-state index contributed by atoms with van der Waals surface area (Å²) in [5.41, 5.74) is 1.62. The predicted octanol–water partition coefficient (Wildman–Crippen LogP) is 2.21.